The molecule has 1 aliphatic rings. The van der Waals surface area contributed by atoms with Gasteiger partial charge in [-0.2, -0.15) is 0 Å². The Kier molecular flexibility index (Phi) is 4.08. The van der Waals surface area contributed by atoms with Crippen LogP contribution in [-0.2, 0) is 9.59 Å². The van der Waals surface area contributed by atoms with Crippen molar-refractivity contribution in [2.45, 2.75) is 26.3 Å². The Balaban J connectivity index is 2.16. The van der Waals surface area contributed by atoms with Gasteiger partial charge in [-0.05, 0) is 13.3 Å². The van der Waals surface area contributed by atoms with Gasteiger partial charge in [-0.3, -0.25) is 14.5 Å². The van der Waals surface area contributed by atoms with Crippen LogP contribution in [0.1, 0.15) is 20.3 Å². The number of rotatable bonds is 5. The van der Waals surface area contributed by atoms with Crippen molar-refractivity contribution in [3.63, 3.8) is 0 Å². The molecule has 2 N–H and O–H groups in total. The van der Waals surface area contributed by atoms with Gasteiger partial charge in [-0.1, -0.05) is 6.92 Å². The summed E-state index contributed by atoms with van der Waals surface area (Å²) >= 11 is 0. The molecule has 1 rings (SSSR count). The maximum absolute atomic E-state index is 11.4. The Hall–Kier alpha value is -1.10. The quantitative estimate of drug-likeness (QED) is 0.671. The normalized spacial score (nSPS) is 19.3. The Labute approximate surface area is 89.4 Å². The zero-order valence-corrected chi connectivity index (χ0v) is 9.19. The van der Waals surface area contributed by atoms with Crippen molar-refractivity contribution in [2.75, 3.05) is 19.6 Å². The number of likely N-dealkylation sites (tertiary alicyclic amines) is 1. The molecule has 1 fully saturated rings. The van der Waals surface area contributed by atoms with Crippen molar-refractivity contribution in [1.29, 1.82) is 0 Å². The van der Waals surface area contributed by atoms with Crippen molar-refractivity contribution >= 4 is 11.9 Å². The second-order valence-electron chi connectivity index (χ2n) is 4.11. The summed E-state index contributed by atoms with van der Waals surface area (Å²) in [7, 11) is 0. The van der Waals surface area contributed by atoms with E-state index in [0.717, 1.165) is 6.42 Å². The minimum Gasteiger partial charge on any atom is -0.481 e. The Morgan fingerprint density at radius 3 is 2.60 bits per heavy atom. The molecule has 1 aliphatic heterocycles. The predicted molar refractivity (Wildman–Crippen MR) is 55.5 cm³/mol. The van der Waals surface area contributed by atoms with Gasteiger partial charge >= 0.3 is 5.97 Å². The summed E-state index contributed by atoms with van der Waals surface area (Å²) in [6.45, 7) is 5.25. The van der Waals surface area contributed by atoms with Gasteiger partial charge in [0.25, 0.3) is 0 Å². The molecule has 86 valence electrons. The number of nitrogens with one attached hydrogen (secondary N) is 1. The summed E-state index contributed by atoms with van der Waals surface area (Å²) in [5.41, 5.74) is 0. The lowest BCUT2D eigenvalue weighted by Crippen LogP contribution is -2.54. The highest BCUT2D eigenvalue weighted by atomic mass is 16.4. The molecular weight excluding hydrogens is 196 g/mol. The first kappa shape index (κ1) is 12.0. The van der Waals surface area contributed by atoms with Crippen LogP contribution in [0.3, 0.4) is 0 Å². The summed E-state index contributed by atoms with van der Waals surface area (Å²) < 4.78 is 0. The van der Waals surface area contributed by atoms with Gasteiger partial charge in [0.2, 0.25) is 5.91 Å². The van der Waals surface area contributed by atoms with Gasteiger partial charge in [-0.15, -0.1) is 0 Å². The van der Waals surface area contributed by atoms with Crippen LogP contribution in [0, 0.1) is 5.92 Å². The molecule has 0 unspecified atom stereocenters. The topological polar surface area (TPSA) is 69.6 Å². The van der Waals surface area contributed by atoms with Gasteiger partial charge in [0.1, 0.15) is 0 Å². The number of amides is 1. The van der Waals surface area contributed by atoms with Crippen molar-refractivity contribution in [3.8, 4) is 0 Å². The molecule has 15 heavy (non-hydrogen) atoms. The molecule has 5 nitrogen and oxygen atoms in total. The molecule has 1 amide bonds. The number of carboxylic acids is 1. The van der Waals surface area contributed by atoms with E-state index >= 15 is 0 Å². The number of hydrogen-bond donors (Lipinski definition) is 2. The van der Waals surface area contributed by atoms with E-state index in [1.165, 1.54) is 0 Å². The molecule has 0 aromatic carbocycles. The number of aliphatic carboxylic acids is 1. The van der Waals surface area contributed by atoms with Crippen LogP contribution < -0.4 is 5.32 Å². The number of carbonyl (C=O) groups is 2. The van der Waals surface area contributed by atoms with E-state index in [1.54, 1.807) is 0 Å². The van der Waals surface area contributed by atoms with Crippen LogP contribution in [0.15, 0.2) is 0 Å². The minimum absolute atomic E-state index is 0.0202. The molecule has 1 atom stereocenters. The number of carboxylic acid groups (broad SMARTS) is 1. The van der Waals surface area contributed by atoms with Crippen LogP contribution in [0.4, 0.5) is 0 Å². The maximum atomic E-state index is 11.4. The molecule has 0 aliphatic carbocycles. The van der Waals surface area contributed by atoms with Gasteiger partial charge in [0.05, 0.1) is 12.5 Å². The third-order valence-electron chi connectivity index (χ3n) is 2.69. The molecule has 0 bridgehead atoms. The summed E-state index contributed by atoms with van der Waals surface area (Å²) in [4.78, 5) is 23.7. The maximum Gasteiger partial charge on any atom is 0.309 e. The average Bonchev–Trinajstić information content (AvgIpc) is 2.09. The average molecular weight is 214 g/mol. The van der Waals surface area contributed by atoms with E-state index in [4.69, 9.17) is 5.11 Å². The Morgan fingerprint density at radius 1 is 1.53 bits per heavy atom. The van der Waals surface area contributed by atoms with Gasteiger partial charge < -0.3 is 10.4 Å². The molecule has 1 saturated heterocycles. The van der Waals surface area contributed by atoms with Crippen LogP contribution in [0.2, 0.25) is 0 Å². The van der Waals surface area contributed by atoms with Crippen LogP contribution in [-0.4, -0.2) is 47.6 Å². The fourth-order valence-electron chi connectivity index (χ4n) is 1.48. The zero-order chi connectivity index (χ0) is 11.4. The van der Waals surface area contributed by atoms with Crippen molar-refractivity contribution < 1.29 is 14.7 Å². The number of carbonyl (C=O) groups excluding carboxylic acids is 1. The van der Waals surface area contributed by atoms with E-state index in [0.29, 0.717) is 19.6 Å². The van der Waals surface area contributed by atoms with Gasteiger partial charge in [0, 0.05) is 19.1 Å². The molecule has 0 aromatic heterocycles. The van der Waals surface area contributed by atoms with Crippen molar-refractivity contribution in [1.82, 2.24) is 10.2 Å². The highest BCUT2D eigenvalue weighted by Gasteiger charge is 2.33. The van der Waals surface area contributed by atoms with Crippen LogP contribution >= 0.6 is 0 Å². The molecule has 0 saturated carbocycles. The highest BCUT2D eigenvalue weighted by Crippen LogP contribution is 2.14. The van der Waals surface area contributed by atoms with E-state index in [-0.39, 0.29) is 17.9 Å². The zero-order valence-electron chi connectivity index (χ0n) is 9.19. The summed E-state index contributed by atoms with van der Waals surface area (Å²) in [6, 6.07) is 0.189. The third-order valence-corrected chi connectivity index (χ3v) is 2.69. The number of hydrogen-bond acceptors (Lipinski definition) is 3. The summed E-state index contributed by atoms with van der Waals surface area (Å²) in [6.07, 6.45) is 0.906. The van der Waals surface area contributed by atoms with E-state index in [1.807, 2.05) is 18.7 Å². The molecule has 1 heterocycles. The molecular formula is C10H18N2O3. The monoisotopic (exact) mass is 214 g/mol. The SMILES string of the molecule is CC[C@H](C)NC(=O)CN1CC(C(=O)O)C1. The lowest BCUT2D eigenvalue weighted by molar-refractivity contribution is -0.148. The van der Waals surface area contributed by atoms with Gasteiger partial charge in [-0.25, -0.2) is 0 Å². The Bertz CT molecular complexity index is 249. The second kappa shape index (κ2) is 5.11. The van der Waals surface area contributed by atoms with E-state index < -0.39 is 5.97 Å². The standard InChI is InChI=1S/C10H18N2O3/c1-3-7(2)11-9(13)6-12-4-8(5-12)10(14)15/h7-8H,3-6H2,1-2H3,(H,11,13)(H,14,15)/t7-/m0/s1. The lowest BCUT2D eigenvalue weighted by Gasteiger charge is -2.36. The first-order chi connectivity index (χ1) is 7.02. The van der Waals surface area contributed by atoms with E-state index in [9.17, 15) is 9.59 Å². The fraction of sp³-hybridized carbons (Fsp3) is 0.800. The molecule has 0 spiro atoms. The Morgan fingerprint density at radius 2 is 2.13 bits per heavy atom. The highest BCUT2D eigenvalue weighted by molar-refractivity contribution is 5.79. The summed E-state index contributed by atoms with van der Waals surface area (Å²) in [5, 5.41) is 11.5. The molecule has 0 radical (unpaired) electrons. The fourth-order valence-corrected chi connectivity index (χ4v) is 1.48. The van der Waals surface area contributed by atoms with Crippen molar-refractivity contribution in [2.24, 2.45) is 5.92 Å². The first-order valence-corrected chi connectivity index (χ1v) is 5.27. The first-order valence-electron chi connectivity index (χ1n) is 5.27. The van der Waals surface area contributed by atoms with Gasteiger partial charge in [0.15, 0.2) is 0 Å². The number of nitrogens with zero attached hydrogens (tertiary/aromatic N) is 1. The van der Waals surface area contributed by atoms with E-state index in [2.05, 4.69) is 5.32 Å². The minimum atomic E-state index is -0.770. The van der Waals surface area contributed by atoms with Crippen LogP contribution in [0.5, 0.6) is 0 Å². The largest absolute Gasteiger partial charge is 0.481 e. The smallest absolute Gasteiger partial charge is 0.309 e. The summed E-state index contributed by atoms with van der Waals surface area (Å²) in [5.74, 6) is -1.08. The van der Waals surface area contributed by atoms with Crippen LogP contribution in [0.25, 0.3) is 0 Å². The second-order valence-corrected chi connectivity index (χ2v) is 4.11. The van der Waals surface area contributed by atoms with Crippen molar-refractivity contribution in [3.05, 3.63) is 0 Å². The molecule has 0 aromatic rings. The third kappa shape index (κ3) is 3.51. The lowest BCUT2D eigenvalue weighted by atomic mass is 10.0. The molecule has 5 heteroatoms. The predicted octanol–water partition coefficient (Wildman–Crippen LogP) is -0.0825.